The predicted molar refractivity (Wildman–Crippen MR) is 293 cm³/mol. The van der Waals surface area contributed by atoms with Gasteiger partial charge >= 0.3 is 29.6 Å². The summed E-state index contributed by atoms with van der Waals surface area (Å²) in [5.41, 5.74) is 19.4. The molecule has 0 bridgehead atoms. The van der Waals surface area contributed by atoms with Crippen LogP contribution in [-0.4, -0.2) is 27.1 Å². The predicted octanol–water partition coefficient (Wildman–Crippen LogP) is 12.8. The van der Waals surface area contributed by atoms with Crippen LogP contribution in [0.1, 0.15) is 35.2 Å². The number of amidine groups is 1. The zero-order chi connectivity index (χ0) is 45.5. The number of aryl methyl sites for hydroxylation is 2. The van der Waals surface area contributed by atoms with E-state index in [-0.39, 0.29) is 66.5 Å². The van der Waals surface area contributed by atoms with E-state index in [2.05, 4.69) is 136 Å². The normalized spacial score (nSPS) is 10.8. The molecule has 4 N–H and O–H groups in total. The van der Waals surface area contributed by atoms with Crippen LogP contribution >= 0.6 is 44.3 Å². The molecule has 1 aromatic heterocycles. The molecule has 0 saturated heterocycles. The zero-order valence-electron chi connectivity index (χ0n) is 37.8. The molecule has 0 aliphatic heterocycles. The smallest absolute Gasteiger partial charge is 0.870 e. The Labute approximate surface area is 451 Å². The van der Waals surface area contributed by atoms with Gasteiger partial charge in [-0.2, -0.15) is 0 Å². The van der Waals surface area contributed by atoms with Gasteiger partial charge in [0, 0.05) is 48.9 Å². The third-order valence-corrected chi connectivity index (χ3v) is 11.3. The maximum Gasteiger partial charge on any atom is 1.00 e. The maximum atomic E-state index is 12.4. The average molecular weight is 1070 g/mol. The number of hydrogen-bond donors (Lipinski definition) is 2. The molecule has 9 rings (SSSR count). The molecular weight excluding hydrogens is 1010 g/mol. The summed E-state index contributed by atoms with van der Waals surface area (Å²) in [4.78, 5) is 22.2. The fraction of sp³-hybridized carbons (Fsp3) is 0.0508. The third-order valence-electron chi connectivity index (χ3n) is 10.3. The quantitative estimate of drug-likeness (QED) is 0.0490. The van der Waals surface area contributed by atoms with Crippen LogP contribution in [0.5, 0.6) is 0 Å². The van der Waals surface area contributed by atoms with Crippen LogP contribution in [-0.2, 0) is 4.79 Å². The molecule has 7 aromatic carbocycles. The SMILES string of the molecule is C.Cc1ccc(-c2nc(-c3ccc(Br)cc3)cc(-c3cccc(-c4ccccc4)c3)n2)cc1.Cc1ccc(C(=N)N)cc1.Cl.O=C(/C=C/c1ccc(Br)cc1)C1=C[C+]=CC(c2ccccc2)=C1.[Na+].[OH-]. The van der Waals surface area contributed by atoms with Gasteiger partial charge in [0.25, 0.3) is 0 Å². The Morgan fingerprint density at radius 3 is 1.67 bits per heavy atom. The molecule has 10 heteroatoms. The summed E-state index contributed by atoms with van der Waals surface area (Å²) >= 11 is 6.92. The van der Waals surface area contributed by atoms with E-state index in [9.17, 15) is 4.79 Å². The Balaban J connectivity index is 0.000000299. The molecule has 6 nitrogen and oxygen atoms in total. The molecular formula is C59H51Br2ClN4NaO2+. The molecule has 340 valence electrons. The second kappa shape index (κ2) is 28.4. The molecule has 0 radical (unpaired) electrons. The fourth-order valence-corrected chi connectivity index (χ4v) is 7.20. The number of nitrogens with one attached hydrogen (secondary N) is 1. The van der Waals surface area contributed by atoms with E-state index in [1.807, 2.05) is 122 Å². The first-order chi connectivity index (χ1) is 31.6. The first kappa shape index (κ1) is 57.2. The van der Waals surface area contributed by atoms with E-state index in [1.54, 1.807) is 12.2 Å². The summed E-state index contributed by atoms with van der Waals surface area (Å²) in [7, 11) is 0. The Kier molecular flexibility index (Phi) is 23.5. The molecule has 0 saturated carbocycles. The molecule has 0 unspecified atom stereocenters. The van der Waals surface area contributed by atoms with E-state index < -0.39 is 0 Å². The van der Waals surface area contributed by atoms with Crippen LogP contribution in [0.4, 0.5) is 0 Å². The molecule has 1 aliphatic carbocycles. The van der Waals surface area contributed by atoms with Crippen LogP contribution in [0.3, 0.4) is 0 Å². The first-order valence-corrected chi connectivity index (χ1v) is 22.5. The molecule has 0 atom stereocenters. The van der Waals surface area contributed by atoms with Gasteiger partial charge in [0.15, 0.2) is 5.82 Å². The van der Waals surface area contributed by atoms with Crippen molar-refractivity contribution in [3.63, 3.8) is 0 Å². The number of ketones is 1. The number of carbonyl (C=O) groups excluding carboxylic acids is 1. The number of nitrogen functional groups attached to an aromatic ring is 1. The minimum absolute atomic E-state index is 0. The first-order valence-electron chi connectivity index (χ1n) is 20.9. The largest absolute Gasteiger partial charge is 1.00 e. The van der Waals surface area contributed by atoms with Crippen LogP contribution in [0.2, 0.25) is 0 Å². The molecule has 0 amide bonds. The standard InChI is InChI=1S/C29H21BrN2.C21H14BrO.C8H10N2.CH4.ClH.Na.H2O/c1-20-10-12-23(13-11-20)29-31-27(22-14-16-26(30)17-15-22)19-28(32-29)25-9-5-8-24(18-25)21-6-3-2-4-7-21;22-20-12-9-16(10-13-20)11-14-21(23)19-8-4-7-18(15-19)17-5-2-1-3-6-17;1-6-2-4-7(5-3-6)8(9)10;;;;/h2-19H,1H3;1-3,5-15H;2-5H,1H3,(H3,9,10);1H4;1H;;1H2/q;+1;;;;+1;/p-1/b;14-11+;;;;;. The van der Waals surface area contributed by atoms with Crippen molar-refractivity contribution in [1.82, 2.24) is 9.97 Å². The minimum atomic E-state index is -0.0260. The number of hydrogen-bond acceptors (Lipinski definition) is 5. The molecule has 8 aromatic rings. The molecule has 1 aliphatic rings. The zero-order valence-corrected chi connectivity index (χ0v) is 43.8. The Morgan fingerprint density at radius 1 is 0.594 bits per heavy atom. The topological polar surface area (TPSA) is 123 Å². The molecule has 1 heterocycles. The van der Waals surface area contributed by atoms with E-state index in [0.29, 0.717) is 5.57 Å². The number of nitrogens with two attached hydrogens (primary N) is 1. The van der Waals surface area contributed by atoms with Gasteiger partial charge in [-0.15, -0.1) is 12.4 Å². The summed E-state index contributed by atoms with van der Waals surface area (Å²) in [6.07, 6.45) is 12.0. The van der Waals surface area contributed by atoms with Gasteiger partial charge in [0.2, 0.25) is 5.78 Å². The van der Waals surface area contributed by atoms with Crippen molar-refractivity contribution in [2.24, 2.45) is 5.73 Å². The molecule has 0 spiro atoms. The van der Waals surface area contributed by atoms with Gasteiger partial charge in [-0.1, -0.05) is 190 Å². The van der Waals surface area contributed by atoms with Gasteiger partial charge < -0.3 is 11.2 Å². The van der Waals surface area contributed by atoms with Crippen LogP contribution < -0.4 is 35.3 Å². The van der Waals surface area contributed by atoms with Crippen molar-refractivity contribution in [3.05, 3.63) is 261 Å². The summed E-state index contributed by atoms with van der Waals surface area (Å²) in [5.74, 6) is 0.826. The summed E-state index contributed by atoms with van der Waals surface area (Å²) in [5, 5.41) is 7.08. The van der Waals surface area contributed by atoms with Crippen molar-refractivity contribution in [2.45, 2.75) is 21.3 Å². The number of benzene rings is 7. The van der Waals surface area contributed by atoms with Crippen molar-refractivity contribution in [3.8, 4) is 45.0 Å². The number of rotatable bonds is 9. The maximum absolute atomic E-state index is 12.4. The van der Waals surface area contributed by atoms with E-state index >= 15 is 0 Å². The Bertz CT molecular complexity index is 2970. The van der Waals surface area contributed by atoms with Crippen LogP contribution in [0.15, 0.2) is 227 Å². The van der Waals surface area contributed by atoms with Crippen molar-refractivity contribution >= 4 is 67.5 Å². The van der Waals surface area contributed by atoms with E-state index in [1.165, 1.54) is 22.3 Å². The van der Waals surface area contributed by atoms with E-state index in [4.69, 9.17) is 21.1 Å². The fourth-order valence-electron chi connectivity index (χ4n) is 6.67. The van der Waals surface area contributed by atoms with Crippen molar-refractivity contribution in [2.75, 3.05) is 0 Å². The molecule has 69 heavy (non-hydrogen) atoms. The summed E-state index contributed by atoms with van der Waals surface area (Å²) in [6.45, 7) is 4.09. The van der Waals surface area contributed by atoms with Crippen LogP contribution in [0.25, 0.3) is 56.7 Å². The number of nitrogens with zero attached hydrogens (tertiary/aromatic N) is 2. The van der Waals surface area contributed by atoms with Gasteiger partial charge in [0.1, 0.15) is 23.6 Å². The summed E-state index contributed by atoms with van der Waals surface area (Å²) < 4.78 is 2.07. The second-order valence-electron chi connectivity index (χ2n) is 15.2. The van der Waals surface area contributed by atoms with Crippen molar-refractivity contribution < 1.29 is 39.8 Å². The van der Waals surface area contributed by atoms with E-state index in [0.717, 1.165) is 65.1 Å². The van der Waals surface area contributed by atoms with Gasteiger partial charge in [-0.05, 0) is 85.1 Å². The number of aromatic nitrogens is 2. The van der Waals surface area contributed by atoms with Gasteiger partial charge in [-0.3, -0.25) is 10.2 Å². The summed E-state index contributed by atoms with van der Waals surface area (Å²) in [6, 6.07) is 63.0. The minimum Gasteiger partial charge on any atom is -0.870 e. The van der Waals surface area contributed by atoms with Crippen LogP contribution in [0, 0.1) is 25.3 Å². The third kappa shape index (κ3) is 16.8. The Morgan fingerprint density at radius 2 is 1.09 bits per heavy atom. The number of allylic oxidation sites excluding steroid dienone is 7. The average Bonchev–Trinajstić information content (AvgIpc) is 3.35. The molecule has 0 fully saturated rings. The number of halogens is 3. The monoisotopic (exact) mass is 1060 g/mol. The van der Waals surface area contributed by atoms with Crippen molar-refractivity contribution in [1.29, 1.82) is 5.41 Å². The number of carbonyl (C=O) groups is 1. The Hall–Kier alpha value is -6.16. The van der Waals surface area contributed by atoms with Gasteiger partial charge in [-0.25, -0.2) is 9.97 Å². The van der Waals surface area contributed by atoms with Gasteiger partial charge in [0.05, 0.1) is 23.0 Å². The second-order valence-corrected chi connectivity index (χ2v) is 17.0.